The summed E-state index contributed by atoms with van der Waals surface area (Å²) in [7, 11) is 0. The fraction of sp³-hybridized carbons (Fsp3) is 0.692. The quantitative estimate of drug-likeness (QED) is 0.552. The van der Waals surface area contributed by atoms with Crippen molar-refractivity contribution in [3.8, 4) is 0 Å². The van der Waals surface area contributed by atoms with E-state index in [1.54, 1.807) is 0 Å². The molecule has 1 aliphatic rings. The van der Waals surface area contributed by atoms with E-state index >= 15 is 0 Å². The number of hydrogen-bond donors (Lipinski definition) is 3. The molecule has 0 aliphatic carbocycles. The van der Waals surface area contributed by atoms with Crippen LogP contribution in [0.3, 0.4) is 0 Å². The first-order valence-electron chi connectivity index (χ1n) is 6.59. The summed E-state index contributed by atoms with van der Waals surface area (Å²) in [6.07, 6.45) is 4.00. The fourth-order valence-electron chi connectivity index (χ4n) is 1.94. The topological polar surface area (TPSA) is 87.7 Å². The average molecular weight is 270 g/mol. The van der Waals surface area contributed by atoms with Gasteiger partial charge in [-0.1, -0.05) is 6.08 Å². The number of amides is 1. The van der Waals surface area contributed by atoms with Gasteiger partial charge in [0, 0.05) is 6.42 Å². The first-order chi connectivity index (χ1) is 9.13. The molecule has 0 saturated carbocycles. The van der Waals surface area contributed by atoms with E-state index in [1.165, 1.54) is 6.08 Å². The van der Waals surface area contributed by atoms with Crippen molar-refractivity contribution >= 4 is 11.9 Å². The maximum absolute atomic E-state index is 11.6. The fourth-order valence-corrected chi connectivity index (χ4v) is 1.94. The smallest absolute Gasteiger partial charge is 0.326 e. The van der Waals surface area contributed by atoms with Crippen LogP contribution in [-0.2, 0) is 14.3 Å². The van der Waals surface area contributed by atoms with E-state index in [4.69, 9.17) is 9.84 Å². The zero-order valence-electron chi connectivity index (χ0n) is 11.1. The van der Waals surface area contributed by atoms with Gasteiger partial charge in [-0.3, -0.25) is 4.79 Å². The molecule has 1 atom stereocenters. The van der Waals surface area contributed by atoms with Crippen molar-refractivity contribution in [1.82, 2.24) is 10.6 Å². The van der Waals surface area contributed by atoms with Crippen LogP contribution in [0.15, 0.2) is 12.7 Å². The van der Waals surface area contributed by atoms with Crippen LogP contribution in [-0.4, -0.2) is 48.8 Å². The number of carbonyl (C=O) groups excluding carboxylic acids is 1. The minimum atomic E-state index is -1.05. The third kappa shape index (κ3) is 6.35. The summed E-state index contributed by atoms with van der Waals surface area (Å²) < 4.78 is 5.59. The number of nitrogens with one attached hydrogen (secondary N) is 2. The lowest BCUT2D eigenvalue weighted by Gasteiger charge is -2.22. The SMILES string of the molecule is C=CCC(NC(=O)CCOC1CCNCC1)C(=O)O. The van der Waals surface area contributed by atoms with E-state index in [9.17, 15) is 9.59 Å². The Morgan fingerprint density at radius 3 is 2.74 bits per heavy atom. The van der Waals surface area contributed by atoms with Gasteiger partial charge in [0.1, 0.15) is 6.04 Å². The largest absolute Gasteiger partial charge is 0.480 e. The van der Waals surface area contributed by atoms with Gasteiger partial charge in [0.25, 0.3) is 0 Å². The van der Waals surface area contributed by atoms with Gasteiger partial charge in [-0.05, 0) is 32.4 Å². The third-order valence-corrected chi connectivity index (χ3v) is 3.00. The molecule has 1 heterocycles. The van der Waals surface area contributed by atoms with Crippen molar-refractivity contribution in [3.05, 3.63) is 12.7 Å². The molecule has 3 N–H and O–H groups in total. The number of aliphatic carboxylic acids is 1. The highest BCUT2D eigenvalue weighted by molar-refractivity contribution is 5.83. The second kappa shape index (κ2) is 8.66. The van der Waals surface area contributed by atoms with Crippen LogP contribution >= 0.6 is 0 Å². The summed E-state index contributed by atoms with van der Waals surface area (Å²) >= 11 is 0. The van der Waals surface area contributed by atoms with Crippen LogP contribution in [0, 0.1) is 0 Å². The van der Waals surface area contributed by atoms with Gasteiger partial charge in [-0.15, -0.1) is 6.58 Å². The van der Waals surface area contributed by atoms with E-state index in [0.717, 1.165) is 25.9 Å². The van der Waals surface area contributed by atoms with Crippen LogP contribution in [0.4, 0.5) is 0 Å². The summed E-state index contributed by atoms with van der Waals surface area (Å²) in [6, 6.07) is -0.899. The molecule has 19 heavy (non-hydrogen) atoms. The first-order valence-corrected chi connectivity index (χ1v) is 6.59. The molecule has 0 radical (unpaired) electrons. The van der Waals surface area contributed by atoms with Crippen molar-refractivity contribution in [2.45, 2.75) is 37.8 Å². The summed E-state index contributed by atoms with van der Waals surface area (Å²) in [5, 5.41) is 14.6. The minimum absolute atomic E-state index is 0.185. The average Bonchev–Trinajstić information content (AvgIpc) is 2.39. The molecule has 0 aromatic heterocycles. The predicted molar refractivity (Wildman–Crippen MR) is 70.8 cm³/mol. The maximum atomic E-state index is 11.6. The molecule has 1 rings (SSSR count). The summed E-state index contributed by atoms with van der Waals surface area (Å²) in [6.45, 7) is 5.68. The van der Waals surface area contributed by atoms with Gasteiger partial charge in [-0.2, -0.15) is 0 Å². The first kappa shape index (κ1) is 15.7. The van der Waals surface area contributed by atoms with Gasteiger partial charge >= 0.3 is 5.97 Å². The van der Waals surface area contributed by atoms with Crippen LogP contribution in [0.25, 0.3) is 0 Å². The highest BCUT2D eigenvalue weighted by Gasteiger charge is 2.18. The molecule has 6 nitrogen and oxygen atoms in total. The van der Waals surface area contributed by atoms with Crippen molar-refractivity contribution < 1.29 is 19.4 Å². The number of carbonyl (C=O) groups is 2. The molecule has 1 unspecified atom stereocenters. The number of piperidine rings is 1. The Morgan fingerprint density at radius 2 is 2.16 bits per heavy atom. The molecular weight excluding hydrogens is 248 g/mol. The monoisotopic (exact) mass is 270 g/mol. The van der Waals surface area contributed by atoms with Crippen LogP contribution in [0.1, 0.15) is 25.7 Å². The zero-order chi connectivity index (χ0) is 14.1. The number of ether oxygens (including phenoxy) is 1. The normalized spacial score (nSPS) is 17.7. The Balaban J connectivity index is 2.18. The van der Waals surface area contributed by atoms with Gasteiger partial charge in [0.2, 0.25) is 5.91 Å². The second-order valence-corrected chi connectivity index (χ2v) is 4.55. The van der Waals surface area contributed by atoms with E-state index in [0.29, 0.717) is 6.61 Å². The maximum Gasteiger partial charge on any atom is 0.326 e. The third-order valence-electron chi connectivity index (χ3n) is 3.00. The Labute approximate surface area is 113 Å². The molecule has 1 aliphatic heterocycles. The van der Waals surface area contributed by atoms with Crippen LogP contribution < -0.4 is 10.6 Å². The van der Waals surface area contributed by atoms with Crippen molar-refractivity contribution in [3.63, 3.8) is 0 Å². The van der Waals surface area contributed by atoms with Crippen LogP contribution in [0.2, 0.25) is 0 Å². The van der Waals surface area contributed by atoms with E-state index < -0.39 is 12.0 Å². The lowest BCUT2D eigenvalue weighted by Crippen LogP contribution is -2.41. The predicted octanol–water partition coefficient (Wildman–Crippen LogP) is 0.291. The van der Waals surface area contributed by atoms with Crippen LogP contribution in [0.5, 0.6) is 0 Å². The van der Waals surface area contributed by atoms with E-state index in [2.05, 4.69) is 17.2 Å². The van der Waals surface area contributed by atoms with Gasteiger partial charge in [-0.25, -0.2) is 4.79 Å². The number of rotatable bonds is 8. The zero-order valence-corrected chi connectivity index (χ0v) is 11.1. The summed E-state index contributed by atoms with van der Waals surface area (Å²) in [4.78, 5) is 22.4. The number of carboxylic acid groups (broad SMARTS) is 1. The summed E-state index contributed by atoms with van der Waals surface area (Å²) in [5.41, 5.74) is 0. The van der Waals surface area contributed by atoms with Crippen molar-refractivity contribution in [2.24, 2.45) is 0 Å². The Hall–Kier alpha value is -1.40. The minimum Gasteiger partial charge on any atom is -0.480 e. The van der Waals surface area contributed by atoms with Gasteiger partial charge < -0.3 is 20.5 Å². The van der Waals surface area contributed by atoms with Gasteiger partial charge in [0.05, 0.1) is 12.7 Å². The lowest BCUT2D eigenvalue weighted by atomic mass is 10.1. The molecule has 1 amide bonds. The Bertz CT molecular complexity index is 314. The molecule has 1 fully saturated rings. The Kier molecular flexibility index (Phi) is 7.14. The Morgan fingerprint density at radius 1 is 1.47 bits per heavy atom. The molecule has 0 aromatic rings. The highest BCUT2D eigenvalue weighted by atomic mass is 16.5. The molecule has 1 saturated heterocycles. The van der Waals surface area contributed by atoms with Gasteiger partial charge in [0.15, 0.2) is 0 Å². The van der Waals surface area contributed by atoms with E-state index in [-0.39, 0.29) is 24.9 Å². The molecule has 6 heteroatoms. The van der Waals surface area contributed by atoms with Crippen molar-refractivity contribution in [2.75, 3.05) is 19.7 Å². The molecule has 0 spiro atoms. The number of hydrogen-bond acceptors (Lipinski definition) is 4. The molecule has 108 valence electrons. The number of carboxylic acids is 1. The summed E-state index contributed by atoms with van der Waals surface area (Å²) in [5.74, 6) is -1.35. The van der Waals surface area contributed by atoms with Crippen molar-refractivity contribution in [1.29, 1.82) is 0 Å². The molecule has 0 aromatic carbocycles. The highest BCUT2D eigenvalue weighted by Crippen LogP contribution is 2.07. The molecular formula is C13H22N2O4. The lowest BCUT2D eigenvalue weighted by molar-refractivity contribution is -0.142. The second-order valence-electron chi connectivity index (χ2n) is 4.55. The van der Waals surface area contributed by atoms with E-state index in [1.807, 2.05) is 0 Å². The molecule has 0 bridgehead atoms. The standard InChI is InChI=1S/C13H22N2O4/c1-2-3-11(13(17)18)15-12(16)6-9-19-10-4-7-14-8-5-10/h2,10-11,14H,1,3-9H2,(H,15,16)(H,17,18).